The molecule has 8 aliphatic heterocycles. The minimum atomic E-state index is -2.07. The molecule has 0 bridgehead atoms. The van der Waals surface area contributed by atoms with Crippen LogP contribution in [0.3, 0.4) is 0 Å². The normalized spacial score (nSPS) is 54.0. The van der Waals surface area contributed by atoms with Crippen molar-refractivity contribution in [2.75, 3.05) is 52.9 Å². The summed E-state index contributed by atoms with van der Waals surface area (Å²) in [6, 6.07) is 0. The number of aliphatic hydroxyl groups excluding tert-OH is 18. The molecule has 0 amide bonds. The SMILES string of the molecule is OCC1OC(OC2C(OC3OCC(O)C(O)C3O)COC(OC3COC(OC4COC(OC5COC(O)C(O)C5O)C(O)C4O)C(OC4OC(CO)C(O)C4O)C3OC3OC(CO)C(O)C3O)C2O)C(O)C1O. The monoisotopic (exact) mass is 1070 g/mol. The van der Waals surface area contributed by atoms with Crippen LogP contribution in [0.4, 0.5) is 0 Å². The lowest BCUT2D eigenvalue weighted by Gasteiger charge is -2.48. The molecule has 8 heterocycles. The standard InChI is InChI=1S/C40H66O33/c41-1-10-18(46)26(54)37(64-10)71-30-15(69-34-24(52)17(45)9(44)4-60-34)7-62-36(29(30)57)70-16-8-63-40(68-14-6-61-35(25(53)22(14)50)67-13-5-59-33(58)23(51)21(13)49)32(73-39-28(56)20(48)12(3-43)66-39)31(16)72-38-27(55)19(47)11(2-42)65-38/h9-58H,1-8H2. The van der Waals surface area contributed by atoms with Crippen molar-refractivity contribution in [2.24, 2.45) is 0 Å². The smallest absolute Gasteiger partial charge is 0.187 e. The third-order valence-electron chi connectivity index (χ3n) is 13.7. The first-order valence-corrected chi connectivity index (χ1v) is 23.4. The van der Waals surface area contributed by atoms with Crippen LogP contribution in [-0.4, -0.2) is 342 Å². The Morgan fingerprint density at radius 3 is 1.11 bits per heavy atom. The van der Waals surface area contributed by atoms with Crippen LogP contribution in [0.5, 0.6) is 0 Å². The maximum atomic E-state index is 12.0. The van der Waals surface area contributed by atoms with Crippen LogP contribution in [0.2, 0.25) is 0 Å². The van der Waals surface area contributed by atoms with Crippen LogP contribution in [0.15, 0.2) is 0 Å². The molecule has 0 aliphatic carbocycles. The van der Waals surface area contributed by atoms with Crippen molar-refractivity contribution in [3.8, 4) is 0 Å². The summed E-state index contributed by atoms with van der Waals surface area (Å²) >= 11 is 0. The molecule has 8 rings (SSSR count). The lowest BCUT2D eigenvalue weighted by molar-refractivity contribution is -0.389. The summed E-state index contributed by atoms with van der Waals surface area (Å²) in [6.07, 6.45) is -55.7. The molecular weight excluding hydrogens is 1010 g/mol. The van der Waals surface area contributed by atoms with E-state index in [1.54, 1.807) is 0 Å². The summed E-state index contributed by atoms with van der Waals surface area (Å²) in [6.45, 7) is -5.38. The molecule has 0 radical (unpaired) electrons. The van der Waals surface area contributed by atoms with E-state index < -0.39 is 250 Å². The Balaban J connectivity index is 1.06. The lowest BCUT2D eigenvalue weighted by atomic mass is 10.0. The van der Waals surface area contributed by atoms with Gasteiger partial charge in [-0.3, -0.25) is 0 Å². The fourth-order valence-electron chi connectivity index (χ4n) is 9.34. The number of aliphatic hydroxyl groups is 18. The van der Waals surface area contributed by atoms with Gasteiger partial charge in [-0.1, -0.05) is 0 Å². The quantitative estimate of drug-likeness (QED) is 0.0643. The van der Waals surface area contributed by atoms with Gasteiger partial charge >= 0.3 is 0 Å². The van der Waals surface area contributed by atoms with Crippen molar-refractivity contribution in [3.63, 3.8) is 0 Å². The van der Waals surface area contributed by atoms with Gasteiger partial charge in [-0.15, -0.1) is 0 Å². The zero-order valence-corrected chi connectivity index (χ0v) is 38.3. The second-order valence-electron chi connectivity index (χ2n) is 18.7. The van der Waals surface area contributed by atoms with E-state index in [1.807, 2.05) is 0 Å². The second kappa shape index (κ2) is 24.8. The Morgan fingerprint density at radius 2 is 0.616 bits per heavy atom. The summed E-state index contributed by atoms with van der Waals surface area (Å²) in [5.74, 6) is 0. The second-order valence-corrected chi connectivity index (χ2v) is 18.7. The maximum Gasteiger partial charge on any atom is 0.187 e. The fraction of sp³-hybridized carbons (Fsp3) is 1.00. The summed E-state index contributed by atoms with van der Waals surface area (Å²) in [4.78, 5) is 0. The number of hydrogen-bond donors (Lipinski definition) is 18. The summed E-state index contributed by atoms with van der Waals surface area (Å²) in [5, 5.41) is 190. The van der Waals surface area contributed by atoms with Gasteiger partial charge in [-0.05, 0) is 0 Å². The highest BCUT2D eigenvalue weighted by Gasteiger charge is 2.57. The maximum absolute atomic E-state index is 12.0. The van der Waals surface area contributed by atoms with Crippen LogP contribution in [0.1, 0.15) is 0 Å². The average Bonchev–Trinajstić information content (AvgIpc) is 3.93. The fourth-order valence-corrected chi connectivity index (χ4v) is 9.34. The van der Waals surface area contributed by atoms with E-state index in [2.05, 4.69) is 0 Å². The Hall–Kier alpha value is -1.32. The molecule has 0 aromatic carbocycles. The zero-order chi connectivity index (χ0) is 52.7. The molecule has 8 saturated heterocycles. The molecule has 18 N–H and O–H groups in total. The molecule has 33 heteroatoms. The Bertz CT molecular complexity index is 1710. The molecule has 33 nitrogen and oxygen atoms in total. The highest BCUT2D eigenvalue weighted by atomic mass is 16.8. The number of ether oxygens (including phenoxy) is 15. The molecule has 424 valence electrons. The molecule has 0 aromatic rings. The Labute approximate surface area is 412 Å². The van der Waals surface area contributed by atoms with Crippen molar-refractivity contribution < 1.29 is 163 Å². The van der Waals surface area contributed by atoms with Crippen LogP contribution in [0.25, 0.3) is 0 Å². The summed E-state index contributed by atoms with van der Waals surface area (Å²) in [5.41, 5.74) is 0. The minimum Gasteiger partial charge on any atom is -0.394 e. The van der Waals surface area contributed by atoms with E-state index >= 15 is 0 Å². The van der Waals surface area contributed by atoms with Crippen molar-refractivity contribution in [2.45, 2.75) is 197 Å². The van der Waals surface area contributed by atoms with E-state index in [0.29, 0.717) is 0 Å². The van der Waals surface area contributed by atoms with Crippen LogP contribution in [0, 0.1) is 0 Å². The molecule has 8 aliphatic rings. The zero-order valence-electron chi connectivity index (χ0n) is 38.3. The highest BCUT2D eigenvalue weighted by Crippen LogP contribution is 2.38. The van der Waals surface area contributed by atoms with Gasteiger partial charge < -0.3 is 163 Å². The molecule has 73 heavy (non-hydrogen) atoms. The Morgan fingerprint density at radius 1 is 0.274 bits per heavy atom. The first kappa shape index (κ1) is 57.8. The molecule has 32 atom stereocenters. The van der Waals surface area contributed by atoms with Gasteiger partial charge in [0.25, 0.3) is 0 Å². The summed E-state index contributed by atoms with van der Waals surface area (Å²) in [7, 11) is 0. The van der Waals surface area contributed by atoms with Gasteiger partial charge in [-0.25, -0.2) is 0 Å². The van der Waals surface area contributed by atoms with Crippen molar-refractivity contribution in [1.29, 1.82) is 0 Å². The molecule has 0 saturated carbocycles. The molecule has 32 unspecified atom stereocenters. The minimum absolute atomic E-state index is 0.466. The van der Waals surface area contributed by atoms with Crippen molar-refractivity contribution in [1.82, 2.24) is 0 Å². The highest BCUT2D eigenvalue weighted by molar-refractivity contribution is 4.98. The van der Waals surface area contributed by atoms with Crippen molar-refractivity contribution in [3.05, 3.63) is 0 Å². The molecule has 0 aromatic heterocycles. The largest absolute Gasteiger partial charge is 0.394 e. The van der Waals surface area contributed by atoms with E-state index in [-0.39, 0.29) is 0 Å². The van der Waals surface area contributed by atoms with Crippen molar-refractivity contribution >= 4 is 0 Å². The molecule has 0 spiro atoms. The van der Waals surface area contributed by atoms with Crippen LogP contribution < -0.4 is 0 Å². The molecular formula is C40H66O33. The van der Waals surface area contributed by atoms with Gasteiger partial charge in [0.05, 0.1) is 52.9 Å². The third kappa shape index (κ3) is 12.1. The Kier molecular flexibility index (Phi) is 19.6. The van der Waals surface area contributed by atoms with Gasteiger partial charge in [0.1, 0.15) is 146 Å². The van der Waals surface area contributed by atoms with Crippen LogP contribution in [-0.2, 0) is 71.1 Å². The van der Waals surface area contributed by atoms with Gasteiger partial charge in [0.15, 0.2) is 50.3 Å². The van der Waals surface area contributed by atoms with E-state index in [4.69, 9.17) is 71.1 Å². The first-order valence-electron chi connectivity index (χ1n) is 23.4. The average molecular weight is 1070 g/mol. The van der Waals surface area contributed by atoms with Gasteiger partial charge in [0.2, 0.25) is 0 Å². The predicted octanol–water partition coefficient (Wildman–Crippen LogP) is -13.3. The van der Waals surface area contributed by atoms with E-state index in [1.165, 1.54) is 0 Å². The van der Waals surface area contributed by atoms with Gasteiger partial charge in [-0.2, -0.15) is 0 Å². The van der Waals surface area contributed by atoms with E-state index in [9.17, 15) is 91.9 Å². The van der Waals surface area contributed by atoms with Crippen LogP contribution >= 0.6 is 0 Å². The third-order valence-corrected chi connectivity index (χ3v) is 13.7. The predicted molar refractivity (Wildman–Crippen MR) is 216 cm³/mol. The van der Waals surface area contributed by atoms with Gasteiger partial charge in [0, 0.05) is 0 Å². The number of hydrogen-bond acceptors (Lipinski definition) is 33. The number of rotatable bonds is 17. The summed E-state index contributed by atoms with van der Waals surface area (Å²) < 4.78 is 86.5. The molecule has 8 fully saturated rings. The lowest BCUT2D eigenvalue weighted by Crippen LogP contribution is -2.65. The first-order chi connectivity index (χ1) is 34.8. The topological polar surface area (TPSA) is 503 Å². The van der Waals surface area contributed by atoms with E-state index in [0.717, 1.165) is 0 Å².